The summed E-state index contributed by atoms with van der Waals surface area (Å²) in [6.45, 7) is 0.660. The van der Waals surface area contributed by atoms with Gasteiger partial charge in [0.1, 0.15) is 0 Å². The van der Waals surface area contributed by atoms with E-state index in [1.54, 1.807) is 12.1 Å². The van der Waals surface area contributed by atoms with Crippen molar-refractivity contribution in [3.05, 3.63) is 57.8 Å². The van der Waals surface area contributed by atoms with Gasteiger partial charge in [0.05, 0.1) is 18.7 Å². The molecular formula is C16H14BrNO3. The van der Waals surface area contributed by atoms with E-state index < -0.39 is 0 Å². The fourth-order valence-electron chi connectivity index (χ4n) is 2.81. The minimum absolute atomic E-state index is 0.0424. The van der Waals surface area contributed by atoms with Crippen LogP contribution in [0.1, 0.15) is 34.1 Å². The van der Waals surface area contributed by atoms with Gasteiger partial charge >= 0.3 is 5.97 Å². The van der Waals surface area contributed by atoms with E-state index in [-0.39, 0.29) is 17.7 Å². The number of ether oxygens (including phenoxy) is 1. The van der Waals surface area contributed by atoms with Gasteiger partial charge in [-0.15, -0.1) is 0 Å². The Hall–Kier alpha value is -1.88. The van der Waals surface area contributed by atoms with Crippen LogP contribution in [0.15, 0.2) is 40.9 Å². The van der Waals surface area contributed by atoms with Gasteiger partial charge < -0.3 is 9.30 Å². The second kappa shape index (κ2) is 5.48. The normalized spacial score (nSPS) is 16.6. The first kappa shape index (κ1) is 14.1. The molecular weight excluding hydrogens is 334 g/mol. The van der Waals surface area contributed by atoms with Crippen LogP contribution in [0.25, 0.3) is 0 Å². The number of hydrogen-bond donors (Lipinski definition) is 0. The fourth-order valence-corrected chi connectivity index (χ4v) is 3.27. The number of hydrogen-bond acceptors (Lipinski definition) is 3. The Labute approximate surface area is 130 Å². The van der Waals surface area contributed by atoms with Crippen LogP contribution in [-0.4, -0.2) is 23.4 Å². The monoisotopic (exact) mass is 347 g/mol. The van der Waals surface area contributed by atoms with Crippen molar-refractivity contribution >= 4 is 27.7 Å². The molecule has 1 aliphatic rings. The smallest absolute Gasteiger partial charge is 0.314 e. The van der Waals surface area contributed by atoms with Crippen molar-refractivity contribution in [2.24, 2.45) is 0 Å². The van der Waals surface area contributed by atoms with Crippen molar-refractivity contribution in [2.45, 2.75) is 18.9 Å². The number of nitrogens with zero attached hydrogens (tertiary/aromatic N) is 1. The van der Waals surface area contributed by atoms with E-state index in [4.69, 9.17) is 4.74 Å². The van der Waals surface area contributed by atoms with Crippen molar-refractivity contribution in [1.82, 2.24) is 4.57 Å². The number of carbonyl (C=O) groups excluding carboxylic acids is 2. The number of carbonyl (C=O) groups is 2. The number of halogens is 1. The summed E-state index contributed by atoms with van der Waals surface area (Å²) in [6, 6.07) is 11.0. The molecule has 21 heavy (non-hydrogen) atoms. The Bertz CT molecular complexity index is 720. The summed E-state index contributed by atoms with van der Waals surface area (Å²) in [5.41, 5.74) is 2.10. The second-order valence-electron chi connectivity index (χ2n) is 4.97. The van der Waals surface area contributed by atoms with Gasteiger partial charge in [-0.05, 0) is 30.7 Å². The Morgan fingerprint density at radius 1 is 1.24 bits per heavy atom. The number of fused-ring (bicyclic) bond motifs is 1. The molecule has 2 heterocycles. The third-order valence-electron chi connectivity index (χ3n) is 3.85. The van der Waals surface area contributed by atoms with Crippen LogP contribution in [0.3, 0.4) is 0 Å². The first-order valence-electron chi connectivity index (χ1n) is 6.70. The Morgan fingerprint density at radius 2 is 2.00 bits per heavy atom. The Morgan fingerprint density at radius 3 is 2.71 bits per heavy atom. The molecule has 0 bridgehead atoms. The lowest BCUT2D eigenvalue weighted by Gasteiger charge is -2.07. The van der Waals surface area contributed by atoms with Gasteiger partial charge in [-0.2, -0.15) is 0 Å². The van der Waals surface area contributed by atoms with Crippen LogP contribution in [-0.2, 0) is 16.1 Å². The maximum Gasteiger partial charge on any atom is 0.314 e. The summed E-state index contributed by atoms with van der Waals surface area (Å²) in [6.07, 6.45) is 0.680. The summed E-state index contributed by atoms with van der Waals surface area (Å²) in [4.78, 5) is 24.4. The molecule has 4 nitrogen and oxygen atoms in total. The third-order valence-corrected chi connectivity index (χ3v) is 4.54. The van der Waals surface area contributed by atoms with Crippen LogP contribution in [0.5, 0.6) is 0 Å². The Kier molecular flexibility index (Phi) is 3.68. The van der Waals surface area contributed by atoms with Crippen molar-refractivity contribution < 1.29 is 14.3 Å². The molecule has 0 aliphatic carbocycles. The molecule has 1 unspecified atom stereocenters. The summed E-state index contributed by atoms with van der Waals surface area (Å²) >= 11 is 3.41. The zero-order chi connectivity index (χ0) is 15.0. The summed E-state index contributed by atoms with van der Waals surface area (Å²) < 4.78 is 7.51. The van der Waals surface area contributed by atoms with Crippen molar-refractivity contribution in [2.75, 3.05) is 7.11 Å². The molecule has 0 saturated heterocycles. The maximum absolute atomic E-state index is 12.7. The van der Waals surface area contributed by atoms with E-state index in [1.165, 1.54) is 7.11 Å². The fraction of sp³-hybridized carbons (Fsp3) is 0.250. The molecule has 1 aromatic carbocycles. The number of aromatic nitrogens is 1. The summed E-state index contributed by atoms with van der Waals surface area (Å²) in [5.74, 6) is -0.554. The molecule has 0 fully saturated rings. The molecule has 0 N–H and O–H groups in total. The van der Waals surface area contributed by atoms with E-state index >= 15 is 0 Å². The predicted molar refractivity (Wildman–Crippen MR) is 81.4 cm³/mol. The summed E-state index contributed by atoms with van der Waals surface area (Å²) in [5, 5.41) is 0. The molecule has 108 valence electrons. The van der Waals surface area contributed by atoms with E-state index in [2.05, 4.69) is 15.9 Å². The topological polar surface area (TPSA) is 48.3 Å². The number of rotatable bonds is 3. The highest BCUT2D eigenvalue weighted by Crippen LogP contribution is 2.32. The van der Waals surface area contributed by atoms with Gasteiger partial charge in [0.2, 0.25) is 5.78 Å². The molecule has 3 rings (SSSR count). The SMILES string of the molecule is COC(=O)C1CCn2c(C(=O)c3ccccc3Br)ccc21. The van der Waals surface area contributed by atoms with Crippen molar-refractivity contribution in [1.29, 1.82) is 0 Å². The third kappa shape index (κ3) is 2.31. The molecule has 1 atom stereocenters. The van der Waals surface area contributed by atoms with Gasteiger partial charge in [0.15, 0.2) is 0 Å². The van der Waals surface area contributed by atoms with Gasteiger partial charge in [-0.3, -0.25) is 9.59 Å². The zero-order valence-corrected chi connectivity index (χ0v) is 13.1. The molecule has 5 heteroatoms. The molecule has 1 aromatic heterocycles. The van der Waals surface area contributed by atoms with Gasteiger partial charge in [-0.1, -0.05) is 28.1 Å². The second-order valence-corrected chi connectivity index (χ2v) is 5.82. The predicted octanol–water partition coefficient (Wildman–Crippen LogP) is 3.14. The highest BCUT2D eigenvalue weighted by Gasteiger charge is 2.32. The standard InChI is InChI=1S/C16H14BrNO3/c1-21-16(20)11-8-9-18-13(11)6-7-14(18)15(19)10-4-2-3-5-12(10)17/h2-7,11H,8-9H2,1H3. The summed E-state index contributed by atoms with van der Waals surface area (Å²) in [7, 11) is 1.39. The van der Waals surface area contributed by atoms with E-state index in [0.29, 0.717) is 24.2 Å². The van der Waals surface area contributed by atoms with E-state index in [0.717, 1.165) is 10.2 Å². The average Bonchev–Trinajstić information content (AvgIpc) is 3.07. The molecule has 1 aliphatic heterocycles. The van der Waals surface area contributed by atoms with Crippen LogP contribution >= 0.6 is 15.9 Å². The molecule has 0 saturated carbocycles. The van der Waals surface area contributed by atoms with Crippen molar-refractivity contribution in [3.8, 4) is 0 Å². The number of benzene rings is 1. The first-order chi connectivity index (χ1) is 10.1. The molecule has 0 amide bonds. The zero-order valence-electron chi connectivity index (χ0n) is 11.5. The lowest BCUT2D eigenvalue weighted by molar-refractivity contribution is -0.142. The average molecular weight is 348 g/mol. The lowest BCUT2D eigenvalue weighted by atomic mass is 10.1. The highest BCUT2D eigenvalue weighted by atomic mass is 79.9. The van der Waals surface area contributed by atoms with E-state index in [9.17, 15) is 9.59 Å². The van der Waals surface area contributed by atoms with E-state index in [1.807, 2.05) is 28.8 Å². The van der Waals surface area contributed by atoms with Gasteiger partial charge in [-0.25, -0.2) is 0 Å². The first-order valence-corrected chi connectivity index (χ1v) is 7.49. The van der Waals surface area contributed by atoms with Crippen molar-refractivity contribution in [3.63, 3.8) is 0 Å². The minimum Gasteiger partial charge on any atom is -0.469 e. The van der Waals surface area contributed by atoms with Crippen LogP contribution in [0.4, 0.5) is 0 Å². The van der Waals surface area contributed by atoms with Crippen LogP contribution in [0.2, 0.25) is 0 Å². The minimum atomic E-state index is -0.268. The van der Waals surface area contributed by atoms with Crippen LogP contribution < -0.4 is 0 Å². The highest BCUT2D eigenvalue weighted by molar-refractivity contribution is 9.10. The Balaban J connectivity index is 1.98. The number of methoxy groups -OCH3 is 1. The quantitative estimate of drug-likeness (QED) is 0.633. The largest absolute Gasteiger partial charge is 0.469 e. The molecule has 2 aromatic rings. The van der Waals surface area contributed by atoms with Gasteiger partial charge in [0.25, 0.3) is 0 Å². The number of esters is 1. The van der Waals surface area contributed by atoms with Crippen LogP contribution in [0, 0.1) is 0 Å². The lowest BCUT2D eigenvalue weighted by Crippen LogP contribution is -2.12. The molecule has 0 spiro atoms. The maximum atomic E-state index is 12.7. The number of ketones is 1. The van der Waals surface area contributed by atoms with Gasteiger partial charge in [0, 0.05) is 22.3 Å². The molecule has 0 radical (unpaired) electrons.